The molecule has 2 aromatic heterocycles. The van der Waals surface area contributed by atoms with E-state index in [2.05, 4.69) is 15.4 Å². The Hall–Kier alpha value is -1.40. The second kappa shape index (κ2) is 3.77. The predicted molar refractivity (Wildman–Crippen MR) is 45.5 cm³/mol. The Balaban J connectivity index is 2.24. The summed E-state index contributed by atoms with van der Waals surface area (Å²) in [5.74, 6) is 0.804. The van der Waals surface area contributed by atoms with Crippen molar-refractivity contribution in [3.05, 3.63) is 17.2 Å². The van der Waals surface area contributed by atoms with Crippen LogP contribution in [0.2, 0.25) is 5.35 Å². The molecule has 0 radical (unpaired) electrons. The van der Waals surface area contributed by atoms with Gasteiger partial charge in [-0.3, -0.25) is 0 Å². The fourth-order valence-corrected chi connectivity index (χ4v) is 1.04. The average Bonchev–Trinajstić information content (AvgIpc) is 2.74. The van der Waals surface area contributed by atoms with Crippen LogP contribution in [-0.2, 0) is 11.3 Å². The van der Waals surface area contributed by atoms with Crippen LogP contribution in [0.15, 0.2) is 15.0 Å². The minimum atomic E-state index is -0.0312. The van der Waals surface area contributed by atoms with Crippen molar-refractivity contribution in [2.75, 3.05) is 7.11 Å². The standard InChI is InChI=1S/C7H6ClN3O3/c1-12-3-4-2-5(11-14-4)6-9-10-7(8)13-6/h2H,3H2,1H3. The van der Waals surface area contributed by atoms with Gasteiger partial charge in [-0.2, -0.15) is 0 Å². The molecule has 0 aromatic carbocycles. The van der Waals surface area contributed by atoms with Gasteiger partial charge in [0.15, 0.2) is 11.5 Å². The lowest BCUT2D eigenvalue weighted by Gasteiger charge is -1.87. The first kappa shape index (κ1) is 9.17. The molecule has 2 aromatic rings. The maximum Gasteiger partial charge on any atom is 0.313 e. The zero-order valence-electron chi connectivity index (χ0n) is 7.23. The fourth-order valence-electron chi connectivity index (χ4n) is 0.933. The van der Waals surface area contributed by atoms with Gasteiger partial charge >= 0.3 is 5.35 Å². The summed E-state index contributed by atoms with van der Waals surface area (Å²) in [6.07, 6.45) is 0. The number of methoxy groups -OCH3 is 1. The van der Waals surface area contributed by atoms with Gasteiger partial charge in [0.1, 0.15) is 6.61 Å². The van der Waals surface area contributed by atoms with Gasteiger partial charge in [0, 0.05) is 13.2 Å². The summed E-state index contributed by atoms with van der Waals surface area (Å²) < 4.78 is 14.7. The fraction of sp³-hybridized carbons (Fsp3) is 0.286. The Labute approximate surface area is 83.8 Å². The molecular weight excluding hydrogens is 210 g/mol. The number of nitrogens with zero attached hydrogens (tertiary/aromatic N) is 3. The number of hydrogen-bond donors (Lipinski definition) is 0. The monoisotopic (exact) mass is 215 g/mol. The van der Waals surface area contributed by atoms with Crippen molar-refractivity contribution in [2.45, 2.75) is 6.61 Å². The first-order chi connectivity index (χ1) is 6.79. The topological polar surface area (TPSA) is 74.2 Å². The highest BCUT2D eigenvalue weighted by molar-refractivity contribution is 6.27. The third-order valence-corrected chi connectivity index (χ3v) is 1.62. The summed E-state index contributed by atoms with van der Waals surface area (Å²) in [5.41, 5.74) is 0.441. The van der Waals surface area contributed by atoms with Gasteiger partial charge in [-0.1, -0.05) is 10.3 Å². The van der Waals surface area contributed by atoms with Crippen LogP contribution in [0.5, 0.6) is 0 Å². The third-order valence-electron chi connectivity index (χ3n) is 1.47. The van der Waals surface area contributed by atoms with Crippen LogP contribution in [-0.4, -0.2) is 22.5 Å². The second-order valence-electron chi connectivity index (χ2n) is 2.47. The SMILES string of the molecule is COCc1cc(-c2nnc(Cl)o2)no1. The molecule has 0 saturated carbocycles. The highest BCUT2D eigenvalue weighted by atomic mass is 35.5. The van der Waals surface area contributed by atoms with Crippen LogP contribution in [0.3, 0.4) is 0 Å². The largest absolute Gasteiger partial charge is 0.406 e. The normalized spacial score (nSPS) is 10.7. The van der Waals surface area contributed by atoms with Crippen LogP contribution in [0.1, 0.15) is 5.76 Å². The van der Waals surface area contributed by atoms with E-state index in [0.29, 0.717) is 18.1 Å². The lowest BCUT2D eigenvalue weighted by atomic mass is 10.4. The summed E-state index contributed by atoms with van der Waals surface area (Å²) in [4.78, 5) is 0. The number of aromatic nitrogens is 3. The van der Waals surface area contributed by atoms with Gasteiger partial charge in [-0.05, 0) is 11.6 Å². The number of halogens is 1. The summed E-state index contributed by atoms with van der Waals surface area (Å²) in [5, 5.41) is 10.8. The average molecular weight is 216 g/mol. The quantitative estimate of drug-likeness (QED) is 0.773. The molecule has 7 heteroatoms. The Bertz CT molecular complexity index is 425. The van der Waals surface area contributed by atoms with Crippen LogP contribution in [0, 0.1) is 0 Å². The maximum absolute atomic E-state index is 5.45. The lowest BCUT2D eigenvalue weighted by Crippen LogP contribution is -1.81. The molecule has 74 valence electrons. The van der Waals surface area contributed by atoms with Gasteiger partial charge in [0.25, 0.3) is 5.89 Å². The van der Waals surface area contributed by atoms with Crippen molar-refractivity contribution in [1.82, 2.24) is 15.4 Å². The van der Waals surface area contributed by atoms with Gasteiger partial charge in [-0.15, -0.1) is 5.10 Å². The molecule has 0 aliphatic heterocycles. The minimum absolute atomic E-state index is 0.0312. The van der Waals surface area contributed by atoms with Gasteiger partial charge in [0.2, 0.25) is 0 Å². The molecule has 6 nitrogen and oxygen atoms in total. The van der Waals surface area contributed by atoms with Gasteiger partial charge in [0.05, 0.1) is 0 Å². The molecular formula is C7H6ClN3O3. The van der Waals surface area contributed by atoms with E-state index in [1.54, 1.807) is 13.2 Å². The summed E-state index contributed by atoms with van der Waals surface area (Å²) >= 11 is 5.45. The molecule has 0 aliphatic rings. The van der Waals surface area contributed by atoms with Crippen molar-refractivity contribution in [3.63, 3.8) is 0 Å². The number of hydrogen-bond acceptors (Lipinski definition) is 6. The minimum Gasteiger partial charge on any atom is -0.406 e. The maximum atomic E-state index is 5.45. The molecule has 14 heavy (non-hydrogen) atoms. The van der Waals surface area contributed by atoms with E-state index < -0.39 is 0 Å². The van der Waals surface area contributed by atoms with E-state index in [1.165, 1.54) is 0 Å². The summed E-state index contributed by atoms with van der Waals surface area (Å²) in [7, 11) is 1.56. The Morgan fingerprint density at radius 3 is 3.00 bits per heavy atom. The molecule has 0 saturated heterocycles. The van der Waals surface area contributed by atoms with Crippen molar-refractivity contribution in [3.8, 4) is 11.6 Å². The predicted octanol–water partition coefficient (Wildman–Crippen LogP) is 1.52. The molecule has 2 rings (SSSR count). The molecule has 0 fully saturated rings. The van der Waals surface area contributed by atoms with Crippen molar-refractivity contribution in [2.24, 2.45) is 0 Å². The van der Waals surface area contributed by atoms with E-state index in [0.717, 1.165) is 0 Å². The van der Waals surface area contributed by atoms with Gasteiger partial charge in [-0.25, -0.2) is 0 Å². The Kier molecular flexibility index (Phi) is 2.47. The zero-order valence-corrected chi connectivity index (χ0v) is 7.98. The van der Waals surface area contributed by atoms with E-state index >= 15 is 0 Å². The first-order valence-electron chi connectivity index (χ1n) is 3.73. The third kappa shape index (κ3) is 1.75. The smallest absolute Gasteiger partial charge is 0.313 e. The molecule has 0 atom stereocenters. The van der Waals surface area contributed by atoms with Gasteiger partial charge < -0.3 is 13.7 Å². The van der Waals surface area contributed by atoms with E-state index in [-0.39, 0.29) is 11.2 Å². The lowest BCUT2D eigenvalue weighted by molar-refractivity contribution is 0.156. The number of ether oxygens (including phenoxy) is 1. The van der Waals surface area contributed by atoms with Crippen LogP contribution >= 0.6 is 11.6 Å². The van der Waals surface area contributed by atoms with Crippen LogP contribution in [0.25, 0.3) is 11.6 Å². The first-order valence-corrected chi connectivity index (χ1v) is 4.11. The Morgan fingerprint density at radius 1 is 1.50 bits per heavy atom. The molecule has 0 bridgehead atoms. The molecule has 0 aliphatic carbocycles. The van der Waals surface area contributed by atoms with Crippen molar-refractivity contribution < 1.29 is 13.7 Å². The second-order valence-corrected chi connectivity index (χ2v) is 2.79. The number of rotatable bonds is 3. The molecule has 0 amide bonds. The van der Waals surface area contributed by atoms with Crippen LogP contribution in [0.4, 0.5) is 0 Å². The Morgan fingerprint density at radius 2 is 2.36 bits per heavy atom. The molecule has 0 spiro atoms. The highest BCUT2D eigenvalue weighted by Gasteiger charge is 2.12. The highest BCUT2D eigenvalue weighted by Crippen LogP contribution is 2.19. The summed E-state index contributed by atoms with van der Waals surface area (Å²) in [6, 6.07) is 1.65. The molecule has 0 N–H and O–H groups in total. The van der Waals surface area contributed by atoms with E-state index in [1.807, 2.05) is 0 Å². The molecule has 2 heterocycles. The van der Waals surface area contributed by atoms with E-state index in [9.17, 15) is 0 Å². The molecule has 0 unspecified atom stereocenters. The summed E-state index contributed by atoms with van der Waals surface area (Å²) in [6.45, 7) is 0.342. The van der Waals surface area contributed by atoms with Crippen molar-refractivity contribution >= 4 is 11.6 Å². The van der Waals surface area contributed by atoms with E-state index in [4.69, 9.17) is 25.3 Å². The zero-order chi connectivity index (χ0) is 9.97. The van der Waals surface area contributed by atoms with Crippen molar-refractivity contribution in [1.29, 1.82) is 0 Å². The van der Waals surface area contributed by atoms with Crippen LogP contribution < -0.4 is 0 Å².